The van der Waals surface area contributed by atoms with Crippen molar-refractivity contribution in [2.75, 3.05) is 6.61 Å². The number of aromatic nitrogens is 1. The topological polar surface area (TPSA) is 51.5 Å². The molecule has 1 N–H and O–H groups in total. The first-order valence-corrected chi connectivity index (χ1v) is 7.09. The highest BCUT2D eigenvalue weighted by Gasteiger charge is 2.08. The normalized spacial score (nSPS) is 10.6. The zero-order chi connectivity index (χ0) is 14.5. The molecule has 0 radical (unpaired) electrons. The molecule has 0 fully saturated rings. The third-order valence-electron chi connectivity index (χ3n) is 2.96. The number of halogens is 1. The van der Waals surface area contributed by atoms with E-state index in [4.69, 9.17) is 4.74 Å². The average molecular weight is 338 g/mol. The second-order valence-corrected chi connectivity index (χ2v) is 5.37. The van der Waals surface area contributed by atoms with Gasteiger partial charge in [-0.3, -0.25) is 4.79 Å². The molecule has 2 aromatic rings. The van der Waals surface area contributed by atoms with E-state index in [1.165, 1.54) is 6.07 Å². The van der Waals surface area contributed by atoms with Crippen LogP contribution in [-0.2, 0) is 13.2 Å². The minimum Gasteiger partial charge on any atom is -0.491 e. The van der Waals surface area contributed by atoms with Gasteiger partial charge < -0.3 is 14.4 Å². The van der Waals surface area contributed by atoms with Gasteiger partial charge in [-0.2, -0.15) is 0 Å². The minimum absolute atomic E-state index is 0.0500. The van der Waals surface area contributed by atoms with Gasteiger partial charge in [0.05, 0.1) is 13.2 Å². The summed E-state index contributed by atoms with van der Waals surface area (Å²) < 4.78 is 8.23. The summed E-state index contributed by atoms with van der Waals surface area (Å²) in [5.41, 5.74) is 1.63. The number of ether oxygens (including phenoxy) is 1. The molecule has 0 bridgehead atoms. The van der Waals surface area contributed by atoms with E-state index in [2.05, 4.69) is 15.9 Å². The number of aliphatic hydroxyl groups is 1. The number of rotatable bonds is 5. The number of hydrogen-bond donors (Lipinski definition) is 1. The molecule has 0 atom stereocenters. The van der Waals surface area contributed by atoms with Crippen molar-refractivity contribution in [2.24, 2.45) is 0 Å². The maximum absolute atomic E-state index is 11.6. The molecule has 0 aliphatic carbocycles. The number of aliphatic hydroxyl groups excluding tert-OH is 1. The lowest BCUT2D eigenvalue weighted by Gasteiger charge is -2.14. The van der Waals surface area contributed by atoms with Gasteiger partial charge in [-0.15, -0.1) is 0 Å². The molecule has 1 aromatic heterocycles. The zero-order valence-electron chi connectivity index (χ0n) is 11.2. The molecule has 2 rings (SSSR count). The zero-order valence-corrected chi connectivity index (χ0v) is 12.8. The van der Waals surface area contributed by atoms with Crippen LogP contribution >= 0.6 is 15.9 Å². The standard InChI is InChI=1S/C15H16BrNO3/c1-11-8-13(16)9-12(10-18)15(11)20-7-6-17-5-3-2-4-14(17)19/h2-5,8-9,18H,6-7,10H2,1H3. The van der Waals surface area contributed by atoms with Crippen molar-refractivity contribution in [3.63, 3.8) is 0 Å². The molecule has 1 aromatic carbocycles. The summed E-state index contributed by atoms with van der Waals surface area (Å²) in [7, 11) is 0. The maximum Gasteiger partial charge on any atom is 0.250 e. The van der Waals surface area contributed by atoms with Crippen molar-refractivity contribution in [2.45, 2.75) is 20.1 Å². The predicted octanol–water partition coefficient (Wildman–Crippen LogP) is 2.49. The molecule has 106 valence electrons. The van der Waals surface area contributed by atoms with Crippen LogP contribution in [0.1, 0.15) is 11.1 Å². The number of nitrogens with zero attached hydrogens (tertiary/aromatic N) is 1. The van der Waals surface area contributed by atoms with Crippen molar-refractivity contribution in [3.8, 4) is 5.75 Å². The van der Waals surface area contributed by atoms with E-state index < -0.39 is 0 Å². The lowest BCUT2D eigenvalue weighted by molar-refractivity contribution is 0.256. The van der Waals surface area contributed by atoms with E-state index in [-0.39, 0.29) is 12.2 Å². The summed E-state index contributed by atoms with van der Waals surface area (Å²) in [5, 5.41) is 9.37. The molecular weight excluding hydrogens is 322 g/mol. The Hall–Kier alpha value is -1.59. The predicted molar refractivity (Wildman–Crippen MR) is 81.0 cm³/mol. The Balaban J connectivity index is 2.08. The summed E-state index contributed by atoms with van der Waals surface area (Å²) >= 11 is 3.39. The van der Waals surface area contributed by atoms with E-state index in [0.29, 0.717) is 18.9 Å². The van der Waals surface area contributed by atoms with Gasteiger partial charge in [0, 0.05) is 22.3 Å². The number of hydrogen-bond acceptors (Lipinski definition) is 3. The molecule has 0 spiro atoms. The van der Waals surface area contributed by atoms with Gasteiger partial charge in [-0.05, 0) is 30.7 Å². The lowest BCUT2D eigenvalue weighted by Crippen LogP contribution is -2.21. The highest BCUT2D eigenvalue weighted by molar-refractivity contribution is 9.10. The second-order valence-electron chi connectivity index (χ2n) is 4.45. The van der Waals surface area contributed by atoms with Crippen LogP contribution in [0.3, 0.4) is 0 Å². The highest BCUT2D eigenvalue weighted by atomic mass is 79.9. The SMILES string of the molecule is Cc1cc(Br)cc(CO)c1OCCn1ccccc1=O. The molecular formula is C15H16BrNO3. The van der Waals surface area contributed by atoms with Gasteiger partial charge in [0.2, 0.25) is 0 Å². The first kappa shape index (κ1) is 14.8. The number of benzene rings is 1. The first-order chi connectivity index (χ1) is 9.61. The van der Waals surface area contributed by atoms with Crippen molar-refractivity contribution in [1.82, 2.24) is 4.57 Å². The van der Waals surface area contributed by atoms with E-state index in [1.54, 1.807) is 16.8 Å². The summed E-state index contributed by atoms with van der Waals surface area (Å²) in [5.74, 6) is 0.680. The fraction of sp³-hybridized carbons (Fsp3) is 0.267. The van der Waals surface area contributed by atoms with E-state index >= 15 is 0 Å². The summed E-state index contributed by atoms with van der Waals surface area (Å²) in [4.78, 5) is 11.6. The number of aryl methyl sites for hydroxylation is 1. The molecule has 4 nitrogen and oxygen atoms in total. The third kappa shape index (κ3) is 3.49. The molecule has 5 heteroatoms. The van der Waals surface area contributed by atoms with Crippen LogP contribution in [0.2, 0.25) is 0 Å². The Labute approximate surface area is 125 Å². The maximum atomic E-state index is 11.6. The fourth-order valence-electron chi connectivity index (χ4n) is 2.01. The molecule has 0 amide bonds. The van der Waals surface area contributed by atoms with Crippen LogP contribution in [0.15, 0.2) is 45.8 Å². The molecule has 20 heavy (non-hydrogen) atoms. The largest absolute Gasteiger partial charge is 0.491 e. The molecule has 0 unspecified atom stereocenters. The average Bonchev–Trinajstić information content (AvgIpc) is 2.42. The van der Waals surface area contributed by atoms with E-state index in [1.807, 2.05) is 25.1 Å². The highest BCUT2D eigenvalue weighted by Crippen LogP contribution is 2.28. The smallest absolute Gasteiger partial charge is 0.250 e. The van der Waals surface area contributed by atoms with Crippen molar-refractivity contribution in [3.05, 3.63) is 62.5 Å². The first-order valence-electron chi connectivity index (χ1n) is 6.30. The summed E-state index contributed by atoms with van der Waals surface area (Å²) in [6.07, 6.45) is 1.73. The van der Waals surface area contributed by atoms with Gasteiger partial charge in [0.25, 0.3) is 5.56 Å². The van der Waals surface area contributed by atoms with Crippen molar-refractivity contribution in [1.29, 1.82) is 0 Å². The van der Waals surface area contributed by atoms with Crippen molar-refractivity contribution < 1.29 is 9.84 Å². The number of pyridine rings is 1. The van der Waals surface area contributed by atoms with E-state index in [0.717, 1.165) is 15.6 Å². The summed E-state index contributed by atoms with van der Waals surface area (Å²) in [6, 6.07) is 8.80. The van der Waals surface area contributed by atoms with Crippen LogP contribution < -0.4 is 10.3 Å². The lowest BCUT2D eigenvalue weighted by atomic mass is 10.1. The van der Waals surface area contributed by atoms with Crippen molar-refractivity contribution >= 4 is 15.9 Å². The van der Waals surface area contributed by atoms with Gasteiger partial charge in [0.15, 0.2) is 0 Å². The molecule has 1 heterocycles. The van der Waals surface area contributed by atoms with Crippen LogP contribution in [0.4, 0.5) is 0 Å². The van der Waals surface area contributed by atoms with Crippen LogP contribution in [0.5, 0.6) is 5.75 Å². The molecule has 0 saturated heterocycles. The summed E-state index contributed by atoms with van der Waals surface area (Å²) in [6.45, 7) is 2.69. The quantitative estimate of drug-likeness (QED) is 0.911. The van der Waals surface area contributed by atoms with Crippen LogP contribution in [0.25, 0.3) is 0 Å². The van der Waals surface area contributed by atoms with Crippen LogP contribution in [-0.4, -0.2) is 16.3 Å². The Morgan fingerprint density at radius 2 is 2.15 bits per heavy atom. The Morgan fingerprint density at radius 3 is 2.85 bits per heavy atom. The third-order valence-corrected chi connectivity index (χ3v) is 3.42. The van der Waals surface area contributed by atoms with E-state index in [9.17, 15) is 9.90 Å². The molecule has 0 aliphatic heterocycles. The van der Waals surface area contributed by atoms with Gasteiger partial charge in [0.1, 0.15) is 12.4 Å². The Morgan fingerprint density at radius 1 is 1.35 bits per heavy atom. The monoisotopic (exact) mass is 337 g/mol. The molecule has 0 aliphatic rings. The molecule has 0 saturated carbocycles. The second kappa shape index (κ2) is 6.72. The van der Waals surface area contributed by atoms with Gasteiger partial charge >= 0.3 is 0 Å². The van der Waals surface area contributed by atoms with Gasteiger partial charge in [-0.25, -0.2) is 0 Å². The fourth-order valence-corrected chi connectivity index (χ4v) is 2.63. The minimum atomic E-state index is -0.0824. The van der Waals surface area contributed by atoms with Gasteiger partial charge in [-0.1, -0.05) is 22.0 Å². The Bertz CT molecular complexity index is 652. The van der Waals surface area contributed by atoms with Crippen LogP contribution in [0, 0.1) is 6.92 Å². The Kier molecular flexibility index (Phi) is 4.98.